The minimum atomic E-state index is -0.716. The van der Waals surface area contributed by atoms with E-state index in [9.17, 15) is 9.90 Å². The Hall–Kier alpha value is -0.910. The lowest BCUT2D eigenvalue weighted by Gasteiger charge is -2.25. The maximum Gasteiger partial charge on any atom is 0.337 e. The second kappa shape index (κ2) is 7.92. The highest BCUT2D eigenvalue weighted by Gasteiger charge is 2.21. The predicted molar refractivity (Wildman–Crippen MR) is 87.3 cm³/mol. The number of hydrogen-bond acceptors (Lipinski definition) is 4. The van der Waals surface area contributed by atoms with Crippen LogP contribution in [0.2, 0.25) is 0 Å². The van der Waals surface area contributed by atoms with Gasteiger partial charge in [-0.3, -0.25) is 0 Å². The molecule has 0 saturated heterocycles. The Balaban J connectivity index is 2.58. The molecule has 0 radical (unpaired) electrons. The van der Waals surface area contributed by atoms with Crippen LogP contribution >= 0.6 is 15.9 Å². The van der Waals surface area contributed by atoms with Gasteiger partial charge in [0.05, 0.1) is 18.3 Å². The first-order chi connectivity index (χ1) is 9.75. The molecule has 118 valence electrons. The average Bonchev–Trinajstić information content (AvgIpc) is 2.38. The first kappa shape index (κ1) is 18.1. The number of rotatable bonds is 7. The summed E-state index contributed by atoms with van der Waals surface area (Å²) in [5.41, 5.74) is 0.829. The smallest absolute Gasteiger partial charge is 0.337 e. The van der Waals surface area contributed by atoms with Crippen LogP contribution < -0.4 is 5.32 Å². The molecule has 0 amide bonds. The van der Waals surface area contributed by atoms with Gasteiger partial charge in [-0.15, -0.1) is 0 Å². The van der Waals surface area contributed by atoms with E-state index in [4.69, 9.17) is 0 Å². The number of nitrogens with one attached hydrogen (secondary N) is 1. The van der Waals surface area contributed by atoms with Crippen LogP contribution in [-0.4, -0.2) is 30.3 Å². The molecule has 0 heterocycles. The number of hydrogen-bond donors (Lipinski definition) is 2. The summed E-state index contributed by atoms with van der Waals surface area (Å²) in [6, 6.07) is 5.36. The third-order valence-corrected chi connectivity index (χ3v) is 3.88. The Morgan fingerprint density at radius 3 is 2.67 bits per heavy atom. The van der Waals surface area contributed by atoms with Crippen molar-refractivity contribution in [3.05, 3.63) is 33.8 Å². The summed E-state index contributed by atoms with van der Waals surface area (Å²) in [5, 5.41) is 13.5. The molecular weight excluding hydrogens is 334 g/mol. The number of halogens is 1. The van der Waals surface area contributed by atoms with Crippen molar-refractivity contribution in [2.45, 2.75) is 39.3 Å². The minimum Gasteiger partial charge on any atom is -0.465 e. The lowest BCUT2D eigenvalue weighted by atomic mass is 9.94. The molecule has 2 N–H and O–H groups in total. The van der Waals surface area contributed by atoms with E-state index >= 15 is 0 Å². The van der Waals surface area contributed by atoms with E-state index in [0.717, 1.165) is 16.5 Å². The number of carbonyl (C=O) groups excluding carboxylic acids is 1. The molecule has 1 aromatic carbocycles. The van der Waals surface area contributed by atoms with Crippen molar-refractivity contribution in [2.75, 3.05) is 13.7 Å². The predicted octanol–water partition coefficient (Wildman–Crippen LogP) is 3.12. The zero-order valence-corrected chi connectivity index (χ0v) is 14.7. The van der Waals surface area contributed by atoms with E-state index in [1.807, 2.05) is 13.0 Å². The molecule has 21 heavy (non-hydrogen) atoms. The van der Waals surface area contributed by atoms with Gasteiger partial charge in [-0.25, -0.2) is 4.79 Å². The Bertz CT molecular complexity index is 486. The van der Waals surface area contributed by atoms with Gasteiger partial charge in [0.15, 0.2) is 0 Å². The topological polar surface area (TPSA) is 58.6 Å². The standard InChI is InChI=1S/C16H24BrNO3/c1-11(2)8-16(3,20)10-18-9-13-6-5-12(7-14(13)17)15(19)21-4/h5-7,11,18,20H,8-10H2,1-4H3. The van der Waals surface area contributed by atoms with Crippen molar-refractivity contribution < 1.29 is 14.6 Å². The van der Waals surface area contributed by atoms with Gasteiger partial charge in [-0.2, -0.15) is 0 Å². The molecule has 1 aromatic rings. The molecule has 0 aliphatic rings. The fourth-order valence-electron chi connectivity index (χ4n) is 2.35. The van der Waals surface area contributed by atoms with Crippen molar-refractivity contribution in [3.8, 4) is 0 Å². The number of ether oxygens (including phenoxy) is 1. The second-order valence-electron chi connectivity index (χ2n) is 6.00. The lowest BCUT2D eigenvalue weighted by Crippen LogP contribution is -2.38. The summed E-state index contributed by atoms with van der Waals surface area (Å²) in [4.78, 5) is 11.4. The Kier molecular flexibility index (Phi) is 6.84. The van der Waals surface area contributed by atoms with Crippen LogP contribution in [0.1, 0.15) is 43.1 Å². The fourth-order valence-corrected chi connectivity index (χ4v) is 2.87. The number of aliphatic hydroxyl groups is 1. The summed E-state index contributed by atoms with van der Waals surface area (Å²) in [6.07, 6.45) is 0.752. The zero-order chi connectivity index (χ0) is 16.0. The SMILES string of the molecule is COC(=O)c1ccc(CNCC(C)(O)CC(C)C)c(Br)c1. The van der Waals surface area contributed by atoms with E-state index in [-0.39, 0.29) is 5.97 Å². The molecular formula is C16H24BrNO3. The van der Waals surface area contributed by atoms with E-state index in [2.05, 4.69) is 39.8 Å². The van der Waals surface area contributed by atoms with Crippen LogP contribution in [0.3, 0.4) is 0 Å². The van der Waals surface area contributed by atoms with Crippen LogP contribution in [0.15, 0.2) is 22.7 Å². The Labute approximate surface area is 135 Å². The van der Waals surface area contributed by atoms with E-state index in [1.165, 1.54) is 7.11 Å². The quantitative estimate of drug-likeness (QED) is 0.736. The van der Waals surface area contributed by atoms with Crippen molar-refractivity contribution in [3.63, 3.8) is 0 Å². The van der Waals surface area contributed by atoms with Crippen LogP contribution in [0.25, 0.3) is 0 Å². The lowest BCUT2D eigenvalue weighted by molar-refractivity contribution is 0.0383. The summed E-state index contributed by atoms with van der Waals surface area (Å²) in [5.74, 6) is 0.1000. The molecule has 0 bridgehead atoms. The van der Waals surface area contributed by atoms with Gasteiger partial charge < -0.3 is 15.2 Å². The maximum atomic E-state index is 11.4. The highest BCUT2D eigenvalue weighted by Crippen LogP contribution is 2.20. The first-order valence-electron chi connectivity index (χ1n) is 7.05. The third kappa shape index (κ3) is 6.16. The van der Waals surface area contributed by atoms with Gasteiger partial charge in [-0.05, 0) is 37.0 Å². The summed E-state index contributed by atoms with van der Waals surface area (Å²) >= 11 is 3.46. The summed E-state index contributed by atoms with van der Waals surface area (Å²) < 4.78 is 5.53. The largest absolute Gasteiger partial charge is 0.465 e. The van der Waals surface area contributed by atoms with Gasteiger partial charge in [0.25, 0.3) is 0 Å². The van der Waals surface area contributed by atoms with E-state index < -0.39 is 5.60 Å². The monoisotopic (exact) mass is 357 g/mol. The van der Waals surface area contributed by atoms with E-state index in [0.29, 0.717) is 24.6 Å². The molecule has 1 rings (SSSR count). The number of carbonyl (C=O) groups is 1. The summed E-state index contributed by atoms with van der Waals surface area (Å²) in [7, 11) is 1.36. The molecule has 0 fully saturated rings. The highest BCUT2D eigenvalue weighted by atomic mass is 79.9. The van der Waals surface area contributed by atoms with Crippen LogP contribution in [-0.2, 0) is 11.3 Å². The zero-order valence-electron chi connectivity index (χ0n) is 13.1. The van der Waals surface area contributed by atoms with Crippen LogP contribution in [0.4, 0.5) is 0 Å². The van der Waals surface area contributed by atoms with Crippen LogP contribution in [0, 0.1) is 5.92 Å². The number of benzene rings is 1. The number of methoxy groups -OCH3 is 1. The molecule has 0 saturated carbocycles. The van der Waals surface area contributed by atoms with E-state index in [1.54, 1.807) is 12.1 Å². The van der Waals surface area contributed by atoms with Gasteiger partial charge in [0.1, 0.15) is 0 Å². The van der Waals surface area contributed by atoms with Crippen LogP contribution in [0.5, 0.6) is 0 Å². The number of esters is 1. The average molecular weight is 358 g/mol. The first-order valence-corrected chi connectivity index (χ1v) is 7.84. The molecule has 0 aliphatic carbocycles. The molecule has 0 aliphatic heterocycles. The second-order valence-corrected chi connectivity index (χ2v) is 6.85. The van der Waals surface area contributed by atoms with Crippen molar-refractivity contribution in [1.82, 2.24) is 5.32 Å². The van der Waals surface area contributed by atoms with Crippen molar-refractivity contribution in [1.29, 1.82) is 0 Å². The van der Waals surface area contributed by atoms with Crippen molar-refractivity contribution in [2.24, 2.45) is 5.92 Å². The van der Waals surface area contributed by atoms with Gasteiger partial charge >= 0.3 is 5.97 Å². The minimum absolute atomic E-state index is 0.352. The molecule has 4 nitrogen and oxygen atoms in total. The Morgan fingerprint density at radius 1 is 1.48 bits per heavy atom. The third-order valence-electron chi connectivity index (χ3n) is 3.14. The molecule has 5 heteroatoms. The maximum absolute atomic E-state index is 11.4. The van der Waals surface area contributed by atoms with Crippen molar-refractivity contribution >= 4 is 21.9 Å². The van der Waals surface area contributed by atoms with Gasteiger partial charge in [0.2, 0.25) is 0 Å². The highest BCUT2D eigenvalue weighted by molar-refractivity contribution is 9.10. The van der Waals surface area contributed by atoms with Gasteiger partial charge in [-0.1, -0.05) is 35.8 Å². The Morgan fingerprint density at radius 2 is 2.14 bits per heavy atom. The molecule has 1 atom stereocenters. The normalized spacial score (nSPS) is 14.0. The molecule has 0 spiro atoms. The van der Waals surface area contributed by atoms with Gasteiger partial charge in [0, 0.05) is 17.6 Å². The fraction of sp³-hybridized carbons (Fsp3) is 0.562. The summed E-state index contributed by atoms with van der Waals surface area (Å²) in [6.45, 7) is 7.18. The molecule has 1 unspecified atom stereocenters. The molecule has 0 aromatic heterocycles.